The molecule has 1 heterocycles. The summed E-state index contributed by atoms with van der Waals surface area (Å²) >= 11 is 0. The van der Waals surface area contributed by atoms with E-state index in [4.69, 9.17) is 0 Å². The van der Waals surface area contributed by atoms with E-state index in [1.165, 1.54) is 12.1 Å². The van der Waals surface area contributed by atoms with Crippen LogP contribution in [0.5, 0.6) is 0 Å². The van der Waals surface area contributed by atoms with Crippen molar-refractivity contribution in [3.63, 3.8) is 0 Å². The standard InChI is InChI=1S/C15H17F2N4.Y/c1-8(2)14-19-10(4)20-15(21-14)18-9(3)11-5-6-12(16)13(17)7-11;/h5-7,9H,1-4H3,(H,18,19,20,21);/q-1;. The zero-order valence-corrected chi connectivity index (χ0v) is 15.8. The smallest absolute Gasteiger partial charge is 0.224 e. The van der Waals surface area contributed by atoms with Crippen LogP contribution < -0.4 is 5.32 Å². The first-order valence-electron chi connectivity index (χ1n) is 6.61. The van der Waals surface area contributed by atoms with Crippen LogP contribution in [0.2, 0.25) is 0 Å². The molecule has 1 radical (unpaired) electrons. The number of hydrogen-bond donors (Lipinski definition) is 1. The fourth-order valence-corrected chi connectivity index (χ4v) is 1.83. The predicted octanol–water partition coefficient (Wildman–Crippen LogP) is 3.59. The van der Waals surface area contributed by atoms with E-state index in [0.29, 0.717) is 23.2 Å². The minimum Gasteiger partial charge on any atom is -0.348 e. The van der Waals surface area contributed by atoms with Crippen LogP contribution in [0.4, 0.5) is 14.7 Å². The van der Waals surface area contributed by atoms with Crippen molar-refractivity contribution in [3.8, 4) is 0 Å². The molecule has 0 saturated carbocycles. The number of nitrogens with zero attached hydrogens (tertiary/aromatic N) is 3. The molecule has 0 bridgehead atoms. The SMILES string of the molecule is Cc1nc(NC(C)c2ccc(F)c(F)c2)nc([C-](C)C)n1.[Y]. The van der Waals surface area contributed by atoms with Crippen molar-refractivity contribution in [2.75, 3.05) is 5.32 Å². The van der Waals surface area contributed by atoms with E-state index in [2.05, 4.69) is 20.3 Å². The van der Waals surface area contributed by atoms with Crippen molar-refractivity contribution in [2.24, 2.45) is 0 Å². The fourth-order valence-electron chi connectivity index (χ4n) is 1.83. The molecular weight excluding hydrogens is 363 g/mol. The van der Waals surface area contributed by atoms with Gasteiger partial charge in [0.1, 0.15) is 5.82 Å². The second kappa shape index (κ2) is 7.93. The van der Waals surface area contributed by atoms with Gasteiger partial charge in [0.15, 0.2) is 11.6 Å². The van der Waals surface area contributed by atoms with Crippen LogP contribution in [-0.2, 0) is 32.7 Å². The largest absolute Gasteiger partial charge is 0.348 e. The molecular formula is C15H17F2N4Y-. The second-order valence-electron chi connectivity index (χ2n) is 5.07. The minimum absolute atomic E-state index is 0. The second-order valence-corrected chi connectivity index (χ2v) is 5.07. The summed E-state index contributed by atoms with van der Waals surface area (Å²) in [7, 11) is 0. The third kappa shape index (κ3) is 4.68. The molecule has 22 heavy (non-hydrogen) atoms. The zero-order chi connectivity index (χ0) is 15.6. The van der Waals surface area contributed by atoms with Crippen LogP contribution in [0.1, 0.15) is 44.0 Å². The van der Waals surface area contributed by atoms with Gasteiger partial charge in [0.05, 0.1) is 6.04 Å². The maximum atomic E-state index is 13.3. The Labute approximate surface area is 154 Å². The van der Waals surface area contributed by atoms with Gasteiger partial charge in [-0.15, -0.1) is 0 Å². The van der Waals surface area contributed by atoms with Gasteiger partial charge in [0, 0.05) is 38.5 Å². The van der Waals surface area contributed by atoms with Crippen LogP contribution in [0.3, 0.4) is 0 Å². The monoisotopic (exact) mass is 380 g/mol. The summed E-state index contributed by atoms with van der Waals surface area (Å²) in [6.45, 7) is 7.43. The zero-order valence-electron chi connectivity index (χ0n) is 13.0. The van der Waals surface area contributed by atoms with E-state index in [9.17, 15) is 8.78 Å². The predicted molar refractivity (Wildman–Crippen MR) is 76.7 cm³/mol. The molecule has 2 aromatic rings. The quantitative estimate of drug-likeness (QED) is 0.824. The summed E-state index contributed by atoms with van der Waals surface area (Å²) < 4.78 is 26.2. The summed E-state index contributed by atoms with van der Waals surface area (Å²) in [5, 5.41) is 3.08. The maximum absolute atomic E-state index is 13.3. The van der Waals surface area contributed by atoms with Crippen molar-refractivity contribution in [1.29, 1.82) is 0 Å². The molecule has 7 heteroatoms. The van der Waals surface area contributed by atoms with E-state index in [0.717, 1.165) is 12.0 Å². The van der Waals surface area contributed by atoms with Gasteiger partial charge in [-0.25, -0.2) is 13.8 Å². The number of hydrogen-bond acceptors (Lipinski definition) is 4. The Hall–Kier alpha value is -1.14. The molecule has 0 saturated heterocycles. The molecule has 0 aliphatic carbocycles. The molecule has 1 atom stereocenters. The third-order valence-corrected chi connectivity index (χ3v) is 2.98. The van der Waals surface area contributed by atoms with Gasteiger partial charge in [-0.2, -0.15) is 18.8 Å². The summed E-state index contributed by atoms with van der Waals surface area (Å²) in [5.74, 6) is 0.871. The Bertz CT molecular complexity index is 649. The van der Waals surface area contributed by atoms with E-state index in [1.54, 1.807) is 6.92 Å². The number of nitrogens with one attached hydrogen (secondary N) is 1. The molecule has 0 amide bonds. The molecule has 2 rings (SSSR count). The van der Waals surface area contributed by atoms with Gasteiger partial charge in [0.25, 0.3) is 0 Å². The van der Waals surface area contributed by atoms with Crippen molar-refractivity contribution in [3.05, 3.63) is 53.0 Å². The Morgan fingerprint density at radius 2 is 1.77 bits per heavy atom. The number of rotatable bonds is 4. The minimum atomic E-state index is -0.869. The van der Waals surface area contributed by atoms with E-state index in [1.807, 2.05) is 20.8 Å². The topological polar surface area (TPSA) is 50.7 Å². The summed E-state index contributed by atoms with van der Waals surface area (Å²) in [6, 6.07) is 3.55. The molecule has 0 aliphatic heterocycles. The Kier molecular flexibility index (Phi) is 6.81. The maximum Gasteiger partial charge on any atom is 0.224 e. The molecule has 1 aromatic heterocycles. The molecule has 0 spiro atoms. The molecule has 4 nitrogen and oxygen atoms in total. The number of halogens is 2. The van der Waals surface area contributed by atoms with E-state index >= 15 is 0 Å². The first kappa shape index (κ1) is 18.9. The van der Waals surface area contributed by atoms with Crippen molar-refractivity contribution < 1.29 is 41.5 Å². The summed E-state index contributed by atoms with van der Waals surface area (Å²) in [6.07, 6.45) is 0. The Morgan fingerprint density at radius 1 is 1.09 bits per heavy atom. The average molecular weight is 380 g/mol. The average Bonchev–Trinajstić information content (AvgIpc) is 2.41. The summed E-state index contributed by atoms with van der Waals surface area (Å²) in [5.41, 5.74) is 0.616. The molecule has 1 N–H and O–H groups in total. The fraction of sp³-hybridized carbons (Fsp3) is 0.333. The summed E-state index contributed by atoms with van der Waals surface area (Å²) in [4.78, 5) is 12.7. The molecule has 0 fully saturated rings. The molecule has 115 valence electrons. The van der Waals surface area contributed by atoms with Crippen molar-refractivity contribution >= 4 is 5.95 Å². The number of aromatic nitrogens is 3. The normalized spacial score (nSPS) is 11.5. The number of aryl methyl sites for hydroxylation is 1. The molecule has 1 aromatic carbocycles. The number of benzene rings is 1. The van der Waals surface area contributed by atoms with E-state index in [-0.39, 0.29) is 38.8 Å². The number of anilines is 1. The third-order valence-electron chi connectivity index (χ3n) is 2.98. The van der Waals surface area contributed by atoms with Crippen LogP contribution in [0, 0.1) is 24.5 Å². The van der Waals surface area contributed by atoms with E-state index < -0.39 is 11.6 Å². The van der Waals surface area contributed by atoms with Crippen LogP contribution in [0.25, 0.3) is 0 Å². The van der Waals surface area contributed by atoms with Crippen molar-refractivity contribution in [1.82, 2.24) is 15.0 Å². The Morgan fingerprint density at radius 3 is 2.36 bits per heavy atom. The van der Waals surface area contributed by atoms with Gasteiger partial charge in [-0.1, -0.05) is 6.07 Å². The van der Waals surface area contributed by atoms with Gasteiger partial charge in [0.2, 0.25) is 5.95 Å². The molecule has 1 unspecified atom stereocenters. The van der Waals surface area contributed by atoms with Crippen molar-refractivity contribution in [2.45, 2.75) is 33.7 Å². The molecule has 0 aliphatic rings. The first-order chi connectivity index (χ1) is 9.86. The van der Waals surface area contributed by atoms with Gasteiger partial charge >= 0.3 is 0 Å². The van der Waals surface area contributed by atoms with Crippen LogP contribution in [-0.4, -0.2) is 15.0 Å². The Balaban J connectivity index is 0.00000242. The van der Waals surface area contributed by atoms with Crippen LogP contribution in [0.15, 0.2) is 18.2 Å². The first-order valence-corrected chi connectivity index (χ1v) is 6.61. The van der Waals surface area contributed by atoms with Crippen LogP contribution >= 0.6 is 0 Å². The van der Waals surface area contributed by atoms with Gasteiger partial charge < -0.3 is 11.2 Å². The van der Waals surface area contributed by atoms with Gasteiger partial charge in [-0.3, -0.25) is 4.98 Å². The van der Waals surface area contributed by atoms with Gasteiger partial charge in [-0.05, 0) is 31.5 Å².